The quantitative estimate of drug-likeness (QED) is 0.754. The van der Waals surface area contributed by atoms with E-state index in [2.05, 4.69) is 42.0 Å². The van der Waals surface area contributed by atoms with Crippen molar-refractivity contribution in [1.29, 1.82) is 0 Å². The number of aromatic nitrogens is 4. The fourth-order valence-electron chi connectivity index (χ4n) is 2.73. The molecule has 1 atom stereocenters. The molecule has 1 saturated carbocycles. The molecule has 8 heteroatoms. The van der Waals surface area contributed by atoms with Crippen molar-refractivity contribution in [3.63, 3.8) is 0 Å². The minimum Gasteiger partial charge on any atom is -0.390 e. The van der Waals surface area contributed by atoms with Crippen molar-refractivity contribution in [2.24, 2.45) is 5.16 Å². The lowest BCUT2D eigenvalue weighted by atomic mass is 10.2. The summed E-state index contributed by atoms with van der Waals surface area (Å²) in [5.41, 5.74) is 3.09. The largest absolute Gasteiger partial charge is 0.390 e. The lowest BCUT2D eigenvalue weighted by molar-refractivity contribution is 0.0948. The van der Waals surface area contributed by atoms with Crippen LogP contribution in [0.25, 0.3) is 0 Å². The van der Waals surface area contributed by atoms with Crippen LogP contribution < -0.4 is 10.6 Å². The predicted octanol–water partition coefficient (Wildman–Crippen LogP) is 2.71. The van der Waals surface area contributed by atoms with Crippen LogP contribution in [-0.4, -0.2) is 38.5 Å². The van der Waals surface area contributed by atoms with Gasteiger partial charge >= 0.3 is 0 Å². The van der Waals surface area contributed by atoms with Crippen molar-refractivity contribution in [2.45, 2.75) is 45.1 Å². The molecule has 1 aliphatic heterocycles. The Morgan fingerprint density at radius 1 is 1.21 bits per heavy atom. The van der Waals surface area contributed by atoms with Gasteiger partial charge in [0.05, 0.1) is 12.3 Å². The summed E-state index contributed by atoms with van der Waals surface area (Å²) < 4.78 is 0. The molecule has 0 aromatic carbocycles. The molecule has 24 heavy (non-hydrogen) atoms. The summed E-state index contributed by atoms with van der Waals surface area (Å²) in [7, 11) is 0. The Kier molecular flexibility index (Phi) is 3.79. The number of nitrogens with one attached hydrogen (secondary N) is 3. The summed E-state index contributed by atoms with van der Waals surface area (Å²) in [5.74, 6) is 2.72. The molecule has 8 nitrogen and oxygen atoms in total. The third kappa shape index (κ3) is 3.47. The van der Waals surface area contributed by atoms with Crippen molar-refractivity contribution in [2.75, 3.05) is 17.2 Å². The number of nitrogens with zero attached hydrogens (tertiary/aromatic N) is 4. The zero-order valence-electron chi connectivity index (χ0n) is 13.8. The summed E-state index contributed by atoms with van der Waals surface area (Å²) in [4.78, 5) is 14.2. The number of H-pyrrole nitrogens is 1. The van der Waals surface area contributed by atoms with E-state index in [1.807, 2.05) is 19.9 Å². The summed E-state index contributed by atoms with van der Waals surface area (Å²) in [6, 6.07) is 3.95. The third-order valence-corrected chi connectivity index (χ3v) is 4.09. The second-order valence-corrected chi connectivity index (χ2v) is 6.46. The third-order valence-electron chi connectivity index (χ3n) is 4.09. The first-order chi connectivity index (χ1) is 11.7. The maximum atomic E-state index is 5.31. The summed E-state index contributed by atoms with van der Waals surface area (Å²) in [6.07, 6.45) is 3.36. The number of hydrogen-bond donors (Lipinski definition) is 3. The van der Waals surface area contributed by atoms with E-state index in [1.54, 1.807) is 0 Å². The zero-order valence-corrected chi connectivity index (χ0v) is 13.8. The standard InChI is InChI=1S/C16H21N7O/c1-9-6-14(19-15-7-13(21-22-15)11-3-4-11)20-16(18-9)17-8-12-5-10(2)23-24-12/h6-7,11-12H,3-5,8H2,1-2H3,(H3,17,18,19,20,21,22). The Balaban J connectivity index is 1.40. The number of rotatable bonds is 6. The second-order valence-electron chi connectivity index (χ2n) is 6.46. The Hall–Kier alpha value is -2.64. The van der Waals surface area contributed by atoms with Gasteiger partial charge in [-0.15, -0.1) is 0 Å². The van der Waals surface area contributed by atoms with Gasteiger partial charge in [-0.2, -0.15) is 10.1 Å². The Morgan fingerprint density at radius 2 is 2.08 bits per heavy atom. The van der Waals surface area contributed by atoms with E-state index in [0.717, 1.165) is 29.5 Å². The van der Waals surface area contributed by atoms with Crippen LogP contribution in [0.3, 0.4) is 0 Å². The molecule has 3 N–H and O–H groups in total. The van der Waals surface area contributed by atoms with Gasteiger partial charge in [0.15, 0.2) is 5.82 Å². The van der Waals surface area contributed by atoms with Crippen molar-refractivity contribution >= 4 is 23.3 Å². The van der Waals surface area contributed by atoms with E-state index < -0.39 is 0 Å². The van der Waals surface area contributed by atoms with E-state index in [9.17, 15) is 0 Å². The van der Waals surface area contributed by atoms with Crippen LogP contribution >= 0.6 is 0 Å². The number of aryl methyl sites for hydroxylation is 1. The highest BCUT2D eigenvalue weighted by Gasteiger charge is 2.25. The topological polar surface area (TPSA) is 100 Å². The van der Waals surface area contributed by atoms with Crippen LogP contribution in [-0.2, 0) is 4.84 Å². The van der Waals surface area contributed by atoms with E-state index in [4.69, 9.17) is 4.84 Å². The van der Waals surface area contributed by atoms with Crippen LogP contribution in [0.15, 0.2) is 17.3 Å². The number of oxime groups is 1. The van der Waals surface area contributed by atoms with Gasteiger partial charge < -0.3 is 15.5 Å². The first kappa shape index (κ1) is 14.9. The molecule has 2 aromatic heterocycles. The van der Waals surface area contributed by atoms with Crippen molar-refractivity contribution in [3.05, 3.63) is 23.5 Å². The van der Waals surface area contributed by atoms with Gasteiger partial charge in [0.2, 0.25) is 5.95 Å². The fraction of sp³-hybridized carbons (Fsp3) is 0.500. The van der Waals surface area contributed by atoms with Crippen LogP contribution in [0.4, 0.5) is 17.6 Å². The zero-order chi connectivity index (χ0) is 16.5. The van der Waals surface area contributed by atoms with Gasteiger partial charge in [-0.25, -0.2) is 4.98 Å². The van der Waals surface area contributed by atoms with Crippen LogP contribution in [0.1, 0.15) is 43.5 Å². The van der Waals surface area contributed by atoms with E-state index in [-0.39, 0.29) is 6.10 Å². The van der Waals surface area contributed by atoms with Gasteiger partial charge in [0.25, 0.3) is 0 Å². The second kappa shape index (κ2) is 6.10. The molecule has 4 rings (SSSR count). The number of anilines is 3. The molecule has 1 aliphatic carbocycles. The van der Waals surface area contributed by atoms with E-state index in [0.29, 0.717) is 18.4 Å². The smallest absolute Gasteiger partial charge is 0.224 e. The molecule has 0 bridgehead atoms. The van der Waals surface area contributed by atoms with Crippen LogP contribution in [0.2, 0.25) is 0 Å². The first-order valence-corrected chi connectivity index (χ1v) is 8.27. The van der Waals surface area contributed by atoms with Gasteiger partial charge in [-0.1, -0.05) is 5.16 Å². The van der Waals surface area contributed by atoms with E-state index in [1.165, 1.54) is 18.5 Å². The van der Waals surface area contributed by atoms with Gasteiger partial charge in [0.1, 0.15) is 11.9 Å². The minimum absolute atomic E-state index is 0.0398. The minimum atomic E-state index is 0.0398. The predicted molar refractivity (Wildman–Crippen MR) is 91.7 cm³/mol. The van der Waals surface area contributed by atoms with Crippen molar-refractivity contribution in [1.82, 2.24) is 20.2 Å². The number of aromatic amines is 1. The molecule has 1 fully saturated rings. The Labute approximate surface area is 140 Å². The van der Waals surface area contributed by atoms with Crippen molar-refractivity contribution in [3.8, 4) is 0 Å². The highest BCUT2D eigenvalue weighted by molar-refractivity contribution is 5.82. The average molecular weight is 327 g/mol. The number of hydrogen-bond acceptors (Lipinski definition) is 7. The van der Waals surface area contributed by atoms with Gasteiger partial charge in [-0.05, 0) is 26.7 Å². The molecule has 3 heterocycles. The lowest BCUT2D eigenvalue weighted by Crippen LogP contribution is -2.21. The fourth-order valence-corrected chi connectivity index (χ4v) is 2.73. The highest BCUT2D eigenvalue weighted by atomic mass is 16.6. The molecule has 0 radical (unpaired) electrons. The normalized spacial score (nSPS) is 19.8. The van der Waals surface area contributed by atoms with Crippen molar-refractivity contribution < 1.29 is 4.84 Å². The molecular weight excluding hydrogens is 306 g/mol. The summed E-state index contributed by atoms with van der Waals surface area (Å²) >= 11 is 0. The molecule has 0 amide bonds. The molecule has 1 unspecified atom stereocenters. The monoisotopic (exact) mass is 327 g/mol. The van der Waals surface area contributed by atoms with Crippen LogP contribution in [0.5, 0.6) is 0 Å². The van der Waals surface area contributed by atoms with Crippen LogP contribution in [0, 0.1) is 6.92 Å². The molecule has 2 aromatic rings. The Morgan fingerprint density at radius 3 is 2.83 bits per heavy atom. The average Bonchev–Trinajstić information content (AvgIpc) is 3.15. The summed E-state index contributed by atoms with van der Waals surface area (Å²) in [6.45, 7) is 4.53. The first-order valence-electron chi connectivity index (χ1n) is 8.27. The lowest BCUT2D eigenvalue weighted by Gasteiger charge is -2.11. The molecule has 0 saturated heterocycles. The SMILES string of the molecule is CC1=NOC(CNc2nc(C)cc(Nc3cc(C4CC4)[nH]n3)n2)C1. The molecule has 0 spiro atoms. The molecular formula is C16H21N7O. The summed E-state index contributed by atoms with van der Waals surface area (Å²) in [5, 5.41) is 17.8. The van der Waals surface area contributed by atoms with Gasteiger partial charge in [-0.3, -0.25) is 5.10 Å². The maximum absolute atomic E-state index is 5.31. The highest BCUT2D eigenvalue weighted by Crippen LogP contribution is 2.39. The molecule has 126 valence electrons. The van der Waals surface area contributed by atoms with Gasteiger partial charge in [0, 0.05) is 35.9 Å². The Bertz CT molecular complexity index is 766. The maximum Gasteiger partial charge on any atom is 0.224 e. The molecule has 2 aliphatic rings. The van der Waals surface area contributed by atoms with E-state index >= 15 is 0 Å².